The summed E-state index contributed by atoms with van der Waals surface area (Å²) in [5, 5.41) is 2.87. The molecule has 1 N–H and O–H groups in total. The van der Waals surface area contributed by atoms with Crippen molar-refractivity contribution in [1.29, 1.82) is 0 Å². The minimum absolute atomic E-state index is 0.0269. The number of sulfonamides is 1. The van der Waals surface area contributed by atoms with E-state index in [2.05, 4.69) is 5.32 Å². The van der Waals surface area contributed by atoms with Crippen LogP contribution >= 0.6 is 0 Å². The maximum atomic E-state index is 13.3. The molecule has 0 heterocycles. The fourth-order valence-corrected chi connectivity index (χ4v) is 4.37. The lowest BCUT2D eigenvalue weighted by molar-refractivity contribution is -0.120. The number of anilines is 1. The summed E-state index contributed by atoms with van der Waals surface area (Å²) in [6.45, 7) is 5.83. The molecule has 0 aliphatic carbocycles. The lowest BCUT2D eigenvalue weighted by Gasteiger charge is -2.26. The van der Waals surface area contributed by atoms with Crippen molar-refractivity contribution in [2.45, 2.75) is 44.6 Å². The van der Waals surface area contributed by atoms with Crippen LogP contribution in [0.15, 0.2) is 59.5 Å². The van der Waals surface area contributed by atoms with Gasteiger partial charge in [-0.1, -0.05) is 43.7 Å². The van der Waals surface area contributed by atoms with Crippen LogP contribution in [0.25, 0.3) is 0 Å². The zero-order chi connectivity index (χ0) is 20.6. The van der Waals surface area contributed by atoms with Crippen LogP contribution in [-0.2, 0) is 14.8 Å². The molecule has 7 heteroatoms. The molecule has 0 unspecified atom stereocenters. The first-order valence-electron chi connectivity index (χ1n) is 9.49. The Morgan fingerprint density at radius 2 is 1.71 bits per heavy atom. The Kier molecular flexibility index (Phi) is 7.87. The van der Waals surface area contributed by atoms with Gasteiger partial charge in [-0.05, 0) is 44.5 Å². The smallest absolute Gasteiger partial charge is 0.264 e. The van der Waals surface area contributed by atoms with E-state index < -0.39 is 10.0 Å². The van der Waals surface area contributed by atoms with Crippen molar-refractivity contribution in [3.05, 3.63) is 54.6 Å². The molecule has 0 bridgehead atoms. The van der Waals surface area contributed by atoms with Gasteiger partial charge in [-0.2, -0.15) is 0 Å². The molecule has 2 rings (SSSR count). The van der Waals surface area contributed by atoms with Gasteiger partial charge in [-0.15, -0.1) is 0 Å². The minimum Gasteiger partial charge on any atom is -0.492 e. The quantitative estimate of drug-likeness (QED) is 0.657. The summed E-state index contributed by atoms with van der Waals surface area (Å²) in [6.07, 6.45) is 1.76. The molecule has 28 heavy (non-hydrogen) atoms. The first kappa shape index (κ1) is 21.8. The number of nitrogens with zero attached hydrogens (tertiary/aromatic N) is 1. The van der Waals surface area contributed by atoms with Crippen molar-refractivity contribution >= 4 is 21.6 Å². The molecule has 2 aromatic rings. The van der Waals surface area contributed by atoms with E-state index in [-0.39, 0.29) is 23.4 Å². The summed E-state index contributed by atoms with van der Waals surface area (Å²) in [7, 11) is -3.95. The molecule has 1 atom stereocenters. The molecule has 2 aromatic carbocycles. The summed E-state index contributed by atoms with van der Waals surface area (Å²) < 4.78 is 33.4. The molecule has 0 aliphatic heterocycles. The molecule has 0 saturated carbocycles. The largest absolute Gasteiger partial charge is 0.492 e. The fourth-order valence-electron chi connectivity index (χ4n) is 2.92. The Hall–Kier alpha value is -2.54. The normalized spacial score (nSPS) is 12.2. The number of nitrogens with one attached hydrogen (secondary N) is 1. The first-order valence-corrected chi connectivity index (χ1v) is 10.9. The maximum Gasteiger partial charge on any atom is 0.264 e. The van der Waals surface area contributed by atoms with Gasteiger partial charge in [0.2, 0.25) is 5.91 Å². The Labute approximate surface area is 167 Å². The van der Waals surface area contributed by atoms with Gasteiger partial charge in [-0.3, -0.25) is 9.10 Å². The number of benzene rings is 2. The Bertz CT molecular complexity index is 869. The topological polar surface area (TPSA) is 75.7 Å². The molecule has 6 nitrogen and oxygen atoms in total. The van der Waals surface area contributed by atoms with E-state index in [1.165, 1.54) is 12.1 Å². The number of carbonyl (C=O) groups excluding carboxylic acids is 1. The lowest BCUT2D eigenvalue weighted by atomic mass is 10.2. The summed E-state index contributed by atoms with van der Waals surface area (Å²) in [6, 6.07) is 14.9. The van der Waals surface area contributed by atoms with Crippen LogP contribution < -0.4 is 14.4 Å². The fraction of sp³-hybridized carbons (Fsp3) is 0.381. The van der Waals surface area contributed by atoms with Gasteiger partial charge in [-0.25, -0.2) is 8.42 Å². The Balaban J connectivity index is 2.43. The standard InChI is InChI=1S/C21H28N2O4S/c1-4-11-17(3)22-21(24)16-23(19-14-9-10-15-20(19)27-5-2)28(25,26)18-12-7-6-8-13-18/h6-10,12-15,17H,4-5,11,16H2,1-3H3,(H,22,24)/t17-/m0/s1. The number of hydrogen-bond donors (Lipinski definition) is 1. The third kappa shape index (κ3) is 5.48. The lowest BCUT2D eigenvalue weighted by Crippen LogP contribution is -2.43. The van der Waals surface area contributed by atoms with Crippen molar-refractivity contribution in [2.75, 3.05) is 17.5 Å². The number of ether oxygens (including phenoxy) is 1. The van der Waals surface area contributed by atoms with Crippen molar-refractivity contribution in [3.8, 4) is 5.75 Å². The van der Waals surface area contributed by atoms with Gasteiger partial charge in [0.05, 0.1) is 17.2 Å². The van der Waals surface area contributed by atoms with Gasteiger partial charge >= 0.3 is 0 Å². The van der Waals surface area contributed by atoms with E-state index in [4.69, 9.17) is 4.74 Å². The molecular formula is C21H28N2O4S. The molecule has 0 aromatic heterocycles. The van der Waals surface area contributed by atoms with Gasteiger partial charge in [0.1, 0.15) is 12.3 Å². The second kappa shape index (κ2) is 10.1. The highest BCUT2D eigenvalue weighted by Gasteiger charge is 2.29. The Morgan fingerprint density at radius 1 is 1.07 bits per heavy atom. The van der Waals surface area contributed by atoms with Crippen molar-refractivity contribution in [1.82, 2.24) is 5.32 Å². The summed E-state index contributed by atoms with van der Waals surface area (Å²) in [4.78, 5) is 12.7. The highest BCUT2D eigenvalue weighted by molar-refractivity contribution is 7.92. The van der Waals surface area contributed by atoms with Crippen LogP contribution in [0, 0.1) is 0 Å². The van der Waals surface area contributed by atoms with Gasteiger partial charge < -0.3 is 10.1 Å². The summed E-state index contributed by atoms with van der Waals surface area (Å²) >= 11 is 0. The van der Waals surface area contributed by atoms with Crippen LogP contribution in [-0.4, -0.2) is 33.5 Å². The van der Waals surface area contributed by atoms with Crippen molar-refractivity contribution in [2.24, 2.45) is 0 Å². The molecule has 1 amide bonds. The first-order chi connectivity index (χ1) is 13.4. The average molecular weight is 405 g/mol. The predicted molar refractivity (Wildman–Crippen MR) is 111 cm³/mol. The van der Waals surface area contributed by atoms with Crippen molar-refractivity contribution in [3.63, 3.8) is 0 Å². The zero-order valence-electron chi connectivity index (χ0n) is 16.6. The molecule has 0 radical (unpaired) electrons. The highest BCUT2D eigenvalue weighted by atomic mass is 32.2. The molecular weight excluding hydrogens is 376 g/mol. The highest BCUT2D eigenvalue weighted by Crippen LogP contribution is 2.32. The SMILES string of the molecule is CCC[C@H](C)NC(=O)CN(c1ccccc1OCC)S(=O)(=O)c1ccccc1. The minimum atomic E-state index is -3.95. The molecule has 0 spiro atoms. The average Bonchev–Trinajstić information content (AvgIpc) is 2.68. The number of amides is 1. The third-order valence-corrected chi connectivity index (χ3v) is 5.96. The van der Waals surface area contributed by atoms with Gasteiger partial charge in [0.15, 0.2) is 0 Å². The maximum absolute atomic E-state index is 13.3. The van der Waals surface area contributed by atoms with Crippen LogP contribution in [0.3, 0.4) is 0 Å². The third-order valence-electron chi connectivity index (χ3n) is 4.18. The van der Waals surface area contributed by atoms with E-state index in [0.29, 0.717) is 18.0 Å². The summed E-state index contributed by atoms with van der Waals surface area (Å²) in [5.41, 5.74) is 0.339. The second-order valence-corrected chi connectivity index (χ2v) is 8.35. The molecule has 0 aliphatic rings. The monoisotopic (exact) mass is 404 g/mol. The second-order valence-electron chi connectivity index (χ2n) is 6.48. The van der Waals surface area contributed by atoms with Crippen molar-refractivity contribution < 1.29 is 17.9 Å². The predicted octanol–water partition coefficient (Wildman–Crippen LogP) is 3.59. The van der Waals surface area contributed by atoms with Crippen LogP contribution in [0.4, 0.5) is 5.69 Å². The zero-order valence-corrected chi connectivity index (χ0v) is 17.4. The van der Waals surface area contributed by atoms with Gasteiger partial charge in [0, 0.05) is 6.04 Å². The van der Waals surface area contributed by atoms with Crippen LogP contribution in [0.1, 0.15) is 33.6 Å². The number of rotatable bonds is 10. The molecule has 0 saturated heterocycles. The number of para-hydroxylation sites is 2. The van der Waals surface area contributed by atoms with E-state index in [9.17, 15) is 13.2 Å². The molecule has 0 fully saturated rings. The van der Waals surface area contributed by atoms with Crippen LogP contribution in [0.5, 0.6) is 5.75 Å². The molecule has 152 valence electrons. The van der Waals surface area contributed by atoms with E-state index in [0.717, 1.165) is 17.1 Å². The summed E-state index contributed by atoms with van der Waals surface area (Å²) in [5.74, 6) is 0.0608. The van der Waals surface area contributed by atoms with Gasteiger partial charge in [0.25, 0.3) is 10.0 Å². The van der Waals surface area contributed by atoms with Crippen LogP contribution in [0.2, 0.25) is 0 Å². The Morgan fingerprint density at radius 3 is 2.36 bits per heavy atom. The number of hydrogen-bond acceptors (Lipinski definition) is 4. The number of carbonyl (C=O) groups is 1. The van der Waals surface area contributed by atoms with E-state index in [1.807, 2.05) is 20.8 Å². The van der Waals surface area contributed by atoms with E-state index in [1.54, 1.807) is 42.5 Å². The van der Waals surface area contributed by atoms with E-state index >= 15 is 0 Å².